The molecule has 4 nitrogen and oxygen atoms in total. The Bertz CT molecular complexity index is 1090. The number of carbonyl (C=O) groups is 1. The van der Waals surface area contributed by atoms with Crippen molar-refractivity contribution in [1.29, 1.82) is 0 Å². The number of hydrogen-bond donors (Lipinski definition) is 1. The maximum absolute atomic E-state index is 13.3. The zero-order valence-corrected chi connectivity index (χ0v) is 16.7. The van der Waals surface area contributed by atoms with Gasteiger partial charge in [-0.2, -0.15) is 13.2 Å². The van der Waals surface area contributed by atoms with E-state index in [-0.39, 0.29) is 42.0 Å². The van der Waals surface area contributed by atoms with Crippen LogP contribution in [0.4, 0.5) is 17.6 Å². The number of nitrogens with one attached hydrogen (secondary N) is 1. The highest BCUT2D eigenvalue weighted by Gasteiger charge is 2.39. The minimum absolute atomic E-state index is 0.128. The first kappa shape index (κ1) is 21.2. The van der Waals surface area contributed by atoms with E-state index in [1.807, 2.05) is 0 Å². The molecule has 1 amide bonds. The summed E-state index contributed by atoms with van der Waals surface area (Å²) in [6.07, 6.45) is -3.33. The fourth-order valence-corrected chi connectivity index (χ4v) is 3.59. The van der Waals surface area contributed by atoms with Gasteiger partial charge in [0.2, 0.25) is 5.91 Å². The van der Waals surface area contributed by atoms with E-state index >= 15 is 0 Å². The Hall–Kier alpha value is -3.03. The molecule has 0 unspecified atom stereocenters. The lowest BCUT2D eigenvalue weighted by atomic mass is 10.2. The SMILES string of the molecule is C[C@@H](NC(=O)C[C@@H]1C[C@H]1COc1cccc(C(F)(F)F)c1)c1cc2cc(F)ccc2o1. The molecule has 31 heavy (non-hydrogen) atoms. The van der Waals surface area contributed by atoms with E-state index in [2.05, 4.69) is 5.32 Å². The van der Waals surface area contributed by atoms with E-state index < -0.39 is 11.7 Å². The molecule has 1 aromatic heterocycles. The molecular weight excluding hydrogens is 414 g/mol. The Morgan fingerprint density at radius 3 is 2.77 bits per heavy atom. The Morgan fingerprint density at radius 2 is 2.00 bits per heavy atom. The quantitative estimate of drug-likeness (QED) is 0.472. The predicted molar refractivity (Wildman–Crippen MR) is 106 cm³/mol. The Morgan fingerprint density at radius 1 is 1.19 bits per heavy atom. The standard InChI is InChI=1S/C23H21F4NO3/c1-13(21-9-15-8-18(24)5-6-20(15)31-21)28-22(29)10-14-7-16(14)12-30-19-4-2-3-17(11-19)23(25,26)27/h2-6,8-9,11,13-14,16H,7,10,12H2,1H3,(H,28,29)/t13-,14+,16+/m1/s1. The minimum Gasteiger partial charge on any atom is -0.493 e. The summed E-state index contributed by atoms with van der Waals surface area (Å²) in [6, 6.07) is 10.3. The molecule has 2 aromatic carbocycles. The van der Waals surface area contributed by atoms with Crippen LogP contribution in [0.5, 0.6) is 5.75 Å². The van der Waals surface area contributed by atoms with Gasteiger partial charge in [0.25, 0.3) is 0 Å². The van der Waals surface area contributed by atoms with E-state index in [0.29, 0.717) is 23.2 Å². The monoisotopic (exact) mass is 435 g/mol. The average molecular weight is 435 g/mol. The van der Waals surface area contributed by atoms with Gasteiger partial charge < -0.3 is 14.5 Å². The summed E-state index contributed by atoms with van der Waals surface area (Å²) in [7, 11) is 0. The smallest absolute Gasteiger partial charge is 0.416 e. The third-order valence-electron chi connectivity index (χ3n) is 5.44. The van der Waals surface area contributed by atoms with Crippen LogP contribution in [-0.2, 0) is 11.0 Å². The highest BCUT2D eigenvalue weighted by molar-refractivity contribution is 5.79. The van der Waals surface area contributed by atoms with Gasteiger partial charge in [-0.15, -0.1) is 0 Å². The maximum Gasteiger partial charge on any atom is 0.416 e. The van der Waals surface area contributed by atoms with E-state index in [1.54, 1.807) is 19.1 Å². The second-order valence-electron chi connectivity index (χ2n) is 7.92. The van der Waals surface area contributed by atoms with Gasteiger partial charge >= 0.3 is 6.18 Å². The van der Waals surface area contributed by atoms with Crippen LogP contribution in [0, 0.1) is 17.7 Å². The Balaban J connectivity index is 1.25. The van der Waals surface area contributed by atoms with Crippen LogP contribution >= 0.6 is 0 Å². The molecule has 1 saturated carbocycles. The van der Waals surface area contributed by atoms with Crippen molar-refractivity contribution in [2.45, 2.75) is 32.0 Å². The largest absolute Gasteiger partial charge is 0.493 e. The van der Waals surface area contributed by atoms with Crippen LogP contribution in [0.1, 0.15) is 37.1 Å². The fourth-order valence-electron chi connectivity index (χ4n) is 3.59. The number of halogens is 4. The molecule has 3 atom stereocenters. The highest BCUT2D eigenvalue weighted by Crippen LogP contribution is 2.42. The van der Waals surface area contributed by atoms with Gasteiger partial charge in [-0.1, -0.05) is 6.07 Å². The van der Waals surface area contributed by atoms with Crippen LogP contribution in [0.15, 0.2) is 52.9 Å². The average Bonchev–Trinajstić information content (AvgIpc) is 3.29. The predicted octanol–water partition coefficient (Wildman–Crippen LogP) is 5.87. The molecule has 1 heterocycles. The molecule has 164 valence electrons. The van der Waals surface area contributed by atoms with E-state index in [9.17, 15) is 22.4 Å². The van der Waals surface area contributed by atoms with Crippen LogP contribution in [-0.4, -0.2) is 12.5 Å². The number of furan rings is 1. The maximum atomic E-state index is 13.3. The molecule has 0 aliphatic heterocycles. The van der Waals surface area contributed by atoms with E-state index in [0.717, 1.165) is 18.6 Å². The number of ether oxygens (including phenoxy) is 1. The zero-order chi connectivity index (χ0) is 22.2. The van der Waals surface area contributed by atoms with Gasteiger partial charge in [0, 0.05) is 11.8 Å². The fraction of sp³-hybridized carbons (Fsp3) is 0.348. The second-order valence-corrected chi connectivity index (χ2v) is 7.92. The van der Waals surface area contributed by atoms with Crippen molar-refractivity contribution >= 4 is 16.9 Å². The zero-order valence-electron chi connectivity index (χ0n) is 16.7. The molecule has 1 aliphatic carbocycles. The molecule has 8 heteroatoms. The molecule has 3 aromatic rings. The van der Waals surface area contributed by atoms with Crippen LogP contribution < -0.4 is 10.1 Å². The van der Waals surface area contributed by atoms with E-state index in [4.69, 9.17) is 9.15 Å². The van der Waals surface area contributed by atoms with Crippen LogP contribution in [0.25, 0.3) is 11.0 Å². The number of fused-ring (bicyclic) bond motifs is 1. The van der Waals surface area contributed by atoms with Crippen LogP contribution in [0.3, 0.4) is 0 Å². The van der Waals surface area contributed by atoms with Crippen molar-refractivity contribution in [1.82, 2.24) is 5.32 Å². The summed E-state index contributed by atoms with van der Waals surface area (Å²) in [5, 5.41) is 3.50. The van der Waals surface area contributed by atoms with Gasteiger partial charge in [-0.05, 0) is 67.6 Å². The second kappa shape index (κ2) is 8.24. The topological polar surface area (TPSA) is 51.5 Å². The first-order chi connectivity index (χ1) is 14.7. The van der Waals surface area contributed by atoms with Crippen molar-refractivity contribution in [2.75, 3.05) is 6.61 Å². The van der Waals surface area contributed by atoms with Gasteiger partial charge in [-0.25, -0.2) is 4.39 Å². The normalized spacial score (nSPS) is 19.3. The molecule has 4 rings (SSSR count). The molecule has 1 fully saturated rings. The Kier molecular flexibility index (Phi) is 5.64. The summed E-state index contributed by atoms with van der Waals surface area (Å²) in [5.74, 6) is 0.455. The Labute approximate surface area is 176 Å². The van der Waals surface area contributed by atoms with Gasteiger partial charge in [0.1, 0.15) is 22.9 Å². The first-order valence-electron chi connectivity index (χ1n) is 9.97. The van der Waals surface area contributed by atoms with Crippen molar-refractivity contribution < 1.29 is 31.5 Å². The molecule has 0 spiro atoms. The van der Waals surface area contributed by atoms with Crippen molar-refractivity contribution in [2.24, 2.45) is 11.8 Å². The van der Waals surface area contributed by atoms with Crippen molar-refractivity contribution in [3.63, 3.8) is 0 Å². The summed E-state index contributed by atoms with van der Waals surface area (Å²) in [5.41, 5.74) is -0.203. The van der Waals surface area contributed by atoms with Crippen molar-refractivity contribution in [3.05, 3.63) is 65.7 Å². The van der Waals surface area contributed by atoms with E-state index in [1.165, 1.54) is 24.3 Å². The first-order valence-corrected chi connectivity index (χ1v) is 9.97. The lowest BCUT2D eigenvalue weighted by Gasteiger charge is -2.12. The van der Waals surface area contributed by atoms with Gasteiger partial charge in [0.05, 0.1) is 18.2 Å². The minimum atomic E-state index is -4.41. The number of carbonyl (C=O) groups excluding carboxylic acids is 1. The third-order valence-corrected chi connectivity index (χ3v) is 5.44. The highest BCUT2D eigenvalue weighted by atomic mass is 19.4. The third kappa shape index (κ3) is 5.18. The van der Waals surface area contributed by atoms with Crippen LogP contribution in [0.2, 0.25) is 0 Å². The van der Waals surface area contributed by atoms with Gasteiger partial charge in [-0.3, -0.25) is 4.79 Å². The molecule has 1 aliphatic rings. The summed E-state index contributed by atoms with van der Waals surface area (Å²) in [6.45, 7) is 2.05. The lowest BCUT2D eigenvalue weighted by molar-refractivity contribution is -0.137. The molecular formula is C23H21F4NO3. The number of alkyl halides is 3. The molecule has 0 radical (unpaired) electrons. The summed E-state index contributed by atoms with van der Waals surface area (Å²) in [4.78, 5) is 12.3. The molecule has 0 saturated heterocycles. The number of benzene rings is 2. The molecule has 0 bridgehead atoms. The summed E-state index contributed by atoms with van der Waals surface area (Å²) < 4.78 is 62.8. The molecule has 1 N–H and O–H groups in total. The number of rotatable bonds is 7. The van der Waals surface area contributed by atoms with Gasteiger partial charge in [0.15, 0.2) is 0 Å². The number of amides is 1. The van der Waals surface area contributed by atoms with Crippen molar-refractivity contribution in [3.8, 4) is 5.75 Å². The lowest BCUT2D eigenvalue weighted by Crippen LogP contribution is -2.26. The summed E-state index contributed by atoms with van der Waals surface area (Å²) >= 11 is 0. The number of hydrogen-bond acceptors (Lipinski definition) is 3.